The van der Waals surface area contributed by atoms with Crippen molar-refractivity contribution in [2.45, 2.75) is 18.6 Å². The molecule has 4 nitrogen and oxygen atoms in total. The maximum atomic E-state index is 9.53. The molecular formula is C7H16NO3+. The second-order valence-electron chi connectivity index (χ2n) is 3.34. The summed E-state index contributed by atoms with van der Waals surface area (Å²) in [5.41, 5.74) is -0.746. The average Bonchev–Trinajstić information content (AvgIpc) is 2.10. The molecule has 2 atom stereocenters. The summed E-state index contributed by atoms with van der Waals surface area (Å²) >= 11 is 0. The van der Waals surface area contributed by atoms with Crippen LogP contribution < -0.4 is 5.32 Å². The molecule has 0 aromatic carbocycles. The number of aliphatic hydroxyl groups excluding tert-OH is 1. The van der Waals surface area contributed by atoms with E-state index in [-0.39, 0.29) is 12.7 Å². The van der Waals surface area contributed by atoms with Crippen LogP contribution in [0.25, 0.3) is 0 Å². The van der Waals surface area contributed by atoms with E-state index >= 15 is 0 Å². The molecule has 0 bridgehead atoms. The number of nitrogens with two attached hydrogens (primary N) is 1. The fraction of sp³-hybridized carbons (Fsp3) is 1.00. The summed E-state index contributed by atoms with van der Waals surface area (Å²) in [6, 6.07) is 0. The van der Waals surface area contributed by atoms with Crippen LogP contribution in [0.3, 0.4) is 0 Å². The Hall–Kier alpha value is -0.160. The zero-order valence-corrected chi connectivity index (χ0v) is 6.79. The van der Waals surface area contributed by atoms with Crippen molar-refractivity contribution < 1.29 is 20.3 Å². The van der Waals surface area contributed by atoms with Crippen molar-refractivity contribution in [1.82, 2.24) is 0 Å². The van der Waals surface area contributed by atoms with Crippen LogP contribution in [-0.4, -0.2) is 48.2 Å². The number of hydrogen-bond acceptors (Lipinski definition) is 3. The van der Waals surface area contributed by atoms with Crippen molar-refractivity contribution >= 4 is 0 Å². The maximum absolute atomic E-state index is 9.53. The van der Waals surface area contributed by atoms with E-state index in [0.717, 1.165) is 6.54 Å². The minimum atomic E-state index is -0.746. The summed E-state index contributed by atoms with van der Waals surface area (Å²) in [5, 5.41) is 20.3. The zero-order chi connectivity index (χ0) is 8.32. The van der Waals surface area contributed by atoms with Gasteiger partial charge in [0.05, 0.1) is 13.2 Å². The van der Waals surface area contributed by atoms with Gasteiger partial charge in [-0.2, -0.15) is 0 Å². The van der Waals surface area contributed by atoms with Gasteiger partial charge in [0, 0.05) is 0 Å². The molecule has 0 saturated carbocycles. The average molecular weight is 162 g/mol. The number of ether oxygens (including phenoxy) is 1. The Morgan fingerprint density at radius 1 is 1.73 bits per heavy atom. The zero-order valence-electron chi connectivity index (χ0n) is 6.79. The lowest BCUT2D eigenvalue weighted by atomic mass is 10.1. The molecule has 66 valence electrons. The summed E-state index contributed by atoms with van der Waals surface area (Å²) < 4.78 is 5.24. The first-order valence-corrected chi connectivity index (χ1v) is 3.90. The van der Waals surface area contributed by atoms with Crippen molar-refractivity contribution in [3.05, 3.63) is 0 Å². The first-order chi connectivity index (χ1) is 5.14. The second kappa shape index (κ2) is 3.49. The predicted octanol–water partition coefficient (Wildman–Crippen LogP) is -2.31. The molecule has 4 N–H and O–H groups in total. The molecule has 0 aromatic rings. The van der Waals surface area contributed by atoms with Gasteiger partial charge in [-0.25, -0.2) is 0 Å². The van der Waals surface area contributed by atoms with Crippen LogP contribution in [0, 0.1) is 0 Å². The summed E-state index contributed by atoms with van der Waals surface area (Å²) in [5.74, 6) is 0. The van der Waals surface area contributed by atoms with Gasteiger partial charge in [-0.3, -0.25) is 0 Å². The van der Waals surface area contributed by atoms with E-state index in [2.05, 4.69) is 0 Å². The van der Waals surface area contributed by atoms with E-state index in [9.17, 15) is 5.11 Å². The molecule has 1 aliphatic rings. The number of quaternary nitrogens is 1. The van der Waals surface area contributed by atoms with Crippen LogP contribution in [0.1, 0.15) is 6.92 Å². The predicted molar refractivity (Wildman–Crippen MR) is 39.1 cm³/mol. The molecule has 2 unspecified atom stereocenters. The van der Waals surface area contributed by atoms with Crippen molar-refractivity contribution in [2.75, 3.05) is 26.3 Å². The molecule has 1 aliphatic heterocycles. The quantitative estimate of drug-likeness (QED) is 0.406. The molecular weight excluding hydrogens is 146 g/mol. The fourth-order valence-electron chi connectivity index (χ4n) is 1.13. The molecule has 1 heterocycles. The summed E-state index contributed by atoms with van der Waals surface area (Å²) in [6.07, 6.45) is -0.121. The van der Waals surface area contributed by atoms with Gasteiger partial charge in [-0.15, -0.1) is 0 Å². The minimum absolute atomic E-state index is 0.0343. The molecule has 1 rings (SSSR count). The molecule has 11 heavy (non-hydrogen) atoms. The highest BCUT2D eigenvalue weighted by Gasteiger charge is 2.28. The maximum Gasteiger partial charge on any atom is 0.134 e. The van der Waals surface area contributed by atoms with Crippen LogP contribution in [0.5, 0.6) is 0 Å². The van der Waals surface area contributed by atoms with E-state index in [1.54, 1.807) is 6.92 Å². The standard InChI is InChI=1S/C7H15NO3/c1-7(10)4-8-2-6(3-9)11-5-7/h6,8-10H,2-5H2,1H3/p+1. The van der Waals surface area contributed by atoms with Gasteiger partial charge in [0.15, 0.2) is 0 Å². The first kappa shape index (κ1) is 8.93. The monoisotopic (exact) mass is 162 g/mol. The number of aliphatic hydroxyl groups is 2. The summed E-state index contributed by atoms with van der Waals surface area (Å²) in [4.78, 5) is 0. The van der Waals surface area contributed by atoms with Gasteiger partial charge < -0.3 is 20.3 Å². The van der Waals surface area contributed by atoms with Crippen molar-refractivity contribution in [2.24, 2.45) is 0 Å². The van der Waals surface area contributed by atoms with Crippen LogP contribution in [-0.2, 0) is 4.74 Å². The van der Waals surface area contributed by atoms with E-state index in [4.69, 9.17) is 9.84 Å². The number of hydrogen-bond donors (Lipinski definition) is 3. The van der Waals surface area contributed by atoms with E-state index in [0.29, 0.717) is 13.2 Å². The fourth-order valence-corrected chi connectivity index (χ4v) is 1.13. The molecule has 0 amide bonds. The Labute approximate surface area is 66.2 Å². The Balaban J connectivity index is 2.39. The second-order valence-corrected chi connectivity index (χ2v) is 3.34. The Morgan fingerprint density at radius 2 is 2.45 bits per heavy atom. The van der Waals surface area contributed by atoms with Gasteiger partial charge in [-0.05, 0) is 6.92 Å². The van der Waals surface area contributed by atoms with Crippen molar-refractivity contribution in [3.63, 3.8) is 0 Å². The lowest BCUT2D eigenvalue weighted by Crippen LogP contribution is -2.89. The smallest absolute Gasteiger partial charge is 0.134 e. The van der Waals surface area contributed by atoms with Crippen molar-refractivity contribution in [3.8, 4) is 0 Å². The van der Waals surface area contributed by atoms with Gasteiger partial charge in [0.2, 0.25) is 0 Å². The lowest BCUT2D eigenvalue weighted by molar-refractivity contribution is -0.666. The van der Waals surface area contributed by atoms with Gasteiger partial charge in [0.25, 0.3) is 0 Å². The van der Waals surface area contributed by atoms with E-state index < -0.39 is 5.60 Å². The highest BCUT2D eigenvalue weighted by molar-refractivity contribution is 4.72. The Kier molecular flexibility index (Phi) is 2.84. The largest absolute Gasteiger partial charge is 0.393 e. The van der Waals surface area contributed by atoms with Gasteiger partial charge in [-0.1, -0.05) is 0 Å². The highest BCUT2D eigenvalue weighted by Crippen LogP contribution is 2.04. The van der Waals surface area contributed by atoms with Crippen molar-refractivity contribution in [1.29, 1.82) is 0 Å². The first-order valence-electron chi connectivity index (χ1n) is 3.90. The van der Waals surface area contributed by atoms with Gasteiger partial charge >= 0.3 is 0 Å². The molecule has 0 spiro atoms. The minimum Gasteiger partial charge on any atom is -0.393 e. The third-order valence-electron chi connectivity index (χ3n) is 1.85. The SMILES string of the molecule is CC1(O)C[NH2+]CC(CO)OC1. The highest BCUT2D eigenvalue weighted by atomic mass is 16.5. The molecule has 0 aromatic heterocycles. The van der Waals surface area contributed by atoms with Gasteiger partial charge in [0.1, 0.15) is 24.8 Å². The molecule has 4 heteroatoms. The van der Waals surface area contributed by atoms with Crippen LogP contribution >= 0.6 is 0 Å². The molecule has 0 aliphatic carbocycles. The molecule has 1 fully saturated rings. The van der Waals surface area contributed by atoms with Crippen LogP contribution in [0.15, 0.2) is 0 Å². The third-order valence-corrected chi connectivity index (χ3v) is 1.85. The normalized spacial score (nSPS) is 40.1. The lowest BCUT2D eigenvalue weighted by Gasteiger charge is -2.17. The van der Waals surface area contributed by atoms with Crippen LogP contribution in [0.4, 0.5) is 0 Å². The van der Waals surface area contributed by atoms with E-state index in [1.165, 1.54) is 0 Å². The van der Waals surface area contributed by atoms with Crippen LogP contribution in [0.2, 0.25) is 0 Å². The Bertz CT molecular complexity index is 127. The van der Waals surface area contributed by atoms with E-state index in [1.807, 2.05) is 5.32 Å². The molecule has 1 saturated heterocycles. The summed E-state index contributed by atoms with van der Waals surface area (Å²) in [7, 11) is 0. The summed E-state index contributed by atoms with van der Waals surface area (Å²) in [6.45, 7) is 3.46. The number of rotatable bonds is 1. The molecule has 0 radical (unpaired) electrons. The topological polar surface area (TPSA) is 66.3 Å². The Morgan fingerprint density at radius 3 is 3.09 bits per heavy atom. The third kappa shape index (κ3) is 2.75.